The van der Waals surface area contributed by atoms with Crippen molar-refractivity contribution in [2.75, 3.05) is 6.54 Å². The fourth-order valence-electron chi connectivity index (χ4n) is 2.09. The molecule has 1 N–H and O–H groups in total. The molecule has 1 nitrogen and oxygen atoms in total. The normalized spacial score (nSPS) is 39.2. The van der Waals surface area contributed by atoms with E-state index in [2.05, 4.69) is 17.5 Å². The van der Waals surface area contributed by atoms with Crippen molar-refractivity contribution in [1.29, 1.82) is 0 Å². The standard InChI is InChI=1S/C9H15N/c1-2-6-9-8(4-1)5-3-7-10-9/h1-2,8-10H,3-7H2/t8-,9-/m1/s1. The molecular formula is C9H15N. The number of hydrogen-bond donors (Lipinski definition) is 1. The van der Waals surface area contributed by atoms with Gasteiger partial charge in [-0.3, -0.25) is 0 Å². The van der Waals surface area contributed by atoms with E-state index in [1.807, 2.05) is 0 Å². The van der Waals surface area contributed by atoms with Crippen molar-refractivity contribution in [3.8, 4) is 0 Å². The van der Waals surface area contributed by atoms with Gasteiger partial charge < -0.3 is 5.32 Å². The van der Waals surface area contributed by atoms with Gasteiger partial charge in [-0.15, -0.1) is 0 Å². The SMILES string of the molecule is C1=CC[C@H]2NCCC[C@H]2C1. The summed E-state index contributed by atoms with van der Waals surface area (Å²) in [5, 5.41) is 3.57. The third-order valence-electron chi connectivity index (χ3n) is 2.72. The molecule has 1 heterocycles. The van der Waals surface area contributed by atoms with Crippen molar-refractivity contribution in [3.63, 3.8) is 0 Å². The Hall–Kier alpha value is -0.300. The molecule has 1 fully saturated rings. The number of piperidine rings is 1. The Morgan fingerprint density at radius 1 is 1.20 bits per heavy atom. The van der Waals surface area contributed by atoms with Crippen LogP contribution in [0.3, 0.4) is 0 Å². The summed E-state index contributed by atoms with van der Waals surface area (Å²) >= 11 is 0. The first-order chi connectivity index (χ1) is 4.97. The maximum atomic E-state index is 3.57. The summed E-state index contributed by atoms with van der Waals surface area (Å²) in [6.45, 7) is 1.25. The summed E-state index contributed by atoms with van der Waals surface area (Å²) < 4.78 is 0. The van der Waals surface area contributed by atoms with Crippen LogP contribution in [0.1, 0.15) is 25.7 Å². The van der Waals surface area contributed by atoms with Gasteiger partial charge in [0.1, 0.15) is 0 Å². The van der Waals surface area contributed by atoms with Gasteiger partial charge in [-0.2, -0.15) is 0 Å². The third kappa shape index (κ3) is 1.10. The lowest BCUT2D eigenvalue weighted by molar-refractivity contribution is 0.274. The lowest BCUT2D eigenvalue weighted by atomic mass is 9.83. The molecule has 0 unspecified atom stereocenters. The van der Waals surface area contributed by atoms with Crippen molar-refractivity contribution < 1.29 is 0 Å². The Labute approximate surface area is 62.5 Å². The monoisotopic (exact) mass is 137 g/mol. The zero-order valence-corrected chi connectivity index (χ0v) is 6.34. The summed E-state index contributed by atoms with van der Waals surface area (Å²) in [4.78, 5) is 0. The van der Waals surface area contributed by atoms with Gasteiger partial charge in [-0.25, -0.2) is 0 Å². The molecule has 1 aliphatic carbocycles. The average molecular weight is 137 g/mol. The second-order valence-electron chi connectivity index (χ2n) is 3.41. The molecule has 0 radical (unpaired) electrons. The van der Waals surface area contributed by atoms with E-state index in [0.29, 0.717) is 0 Å². The molecule has 2 rings (SSSR count). The Kier molecular flexibility index (Phi) is 1.76. The molecule has 0 aromatic heterocycles. The van der Waals surface area contributed by atoms with Gasteiger partial charge in [0.15, 0.2) is 0 Å². The van der Waals surface area contributed by atoms with E-state index in [9.17, 15) is 0 Å². The minimum Gasteiger partial charge on any atom is -0.313 e. The Bertz CT molecular complexity index is 124. The zero-order chi connectivity index (χ0) is 6.81. The number of hydrogen-bond acceptors (Lipinski definition) is 1. The third-order valence-corrected chi connectivity index (χ3v) is 2.72. The van der Waals surface area contributed by atoms with Gasteiger partial charge in [0.05, 0.1) is 0 Å². The van der Waals surface area contributed by atoms with Crippen LogP contribution in [-0.2, 0) is 0 Å². The first-order valence-electron chi connectivity index (χ1n) is 4.35. The van der Waals surface area contributed by atoms with Crippen LogP contribution >= 0.6 is 0 Å². The van der Waals surface area contributed by atoms with E-state index in [4.69, 9.17) is 0 Å². The summed E-state index contributed by atoms with van der Waals surface area (Å²) in [6, 6.07) is 0.818. The topological polar surface area (TPSA) is 12.0 Å². The van der Waals surface area contributed by atoms with Gasteiger partial charge in [0.2, 0.25) is 0 Å². The summed E-state index contributed by atoms with van der Waals surface area (Å²) in [7, 11) is 0. The van der Waals surface area contributed by atoms with Crippen LogP contribution < -0.4 is 5.32 Å². The molecule has 2 atom stereocenters. The lowest BCUT2D eigenvalue weighted by Crippen LogP contribution is -2.41. The van der Waals surface area contributed by atoms with Crippen LogP contribution in [0.5, 0.6) is 0 Å². The zero-order valence-electron chi connectivity index (χ0n) is 6.34. The number of fused-ring (bicyclic) bond motifs is 1. The van der Waals surface area contributed by atoms with Crippen molar-refractivity contribution >= 4 is 0 Å². The summed E-state index contributed by atoms with van der Waals surface area (Å²) in [5.41, 5.74) is 0. The minimum absolute atomic E-state index is 0.818. The summed E-state index contributed by atoms with van der Waals surface area (Å²) in [5.74, 6) is 0.957. The van der Waals surface area contributed by atoms with Crippen LogP contribution in [0.4, 0.5) is 0 Å². The van der Waals surface area contributed by atoms with Gasteiger partial charge in [0, 0.05) is 6.04 Å². The van der Waals surface area contributed by atoms with Crippen molar-refractivity contribution in [2.24, 2.45) is 5.92 Å². The molecule has 0 amide bonds. The van der Waals surface area contributed by atoms with Crippen LogP contribution in [0.25, 0.3) is 0 Å². The Morgan fingerprint density at radius 3 is 3.00 bits per heavy atom. The van der Waals surface area contributed by atoms with Crippen molar-refractivity contribution in [2.45, 2.75) is 31.7 Å². The Balaban J connectivity index is 2.01. The minimum atomic E-state index is 0.818. The van der Waals surface area contributed by atoms with E-state index >= 15 is 0 Å². The molecule has 0 aromatic rings. The molecule has 1 saturated heterocycles. The molecule has 1 heteroatoms. The highest BCUT2D eigenvalue weighted by Gasteiger charge is 2.24. The molecule has 0 saturated carbocycles. The molecule has 10 heavy (non-hydrogen) atoms. The predicted molar refractivity (Wildman–Crippen MR) is 42.9 cm³/mol. The van der Waals surface area contributed by atoms with E-state index in [0.717, 1.165) is 12.0 Å². The maximum Gasteiger partial charge on any atom is 0.0133 e. The van der Waals surface area contributed by atoms with Crippen LogP contribution in [0.15, 0.2) is 12.2 Å². The van der Waals surface area contributed by atoms with Crippen LogP contribution in [0, 0.1) is 5.92 Å². The number of allylic oxidation sites excluding steroid dienone is 1. The van der Waals surface area contributed by atoms with Gasteiger partial charge in [-0.1, -0.05) is 12.2 Å². The quantitative estimate of drug-likeness (QED) is 0.501. The molecular weight excluding hydrogens is 122 g/mol. The van der Waals surface area contributed by atoms with Crippen LogP contribution in [0.2, 0.25) is 0 Å². The molecule has 2 aliphatic rings. The van der Waals surface area contributed by atoms with Gasteiger partial charge in [0.25, 0.3) is 0 Å². The molecule has 0 spiro atoms. The highest BCUT2D eigenvalue weighted by atomic mass is 14.9. The molecule has 0 bridgehead atoms. The molecule has 0 aromatic carbocycles. The van der Waals surface area contributed by atoms with Crippen molar-refractivity contribution in [1.82, 2.24) is 5.32 Å². The second kappa shape index (κ2) is 2.75. The Morgan fingerprint density at radius 2 is 2.10 bits per heavy atom. The largest absolute Gasteiger partial charge is 0.313 e. The first-order valence-corrected chi connectivity index (χ1v) is 4.35. The first kappa shape index (κ1) is 6.41. The molecule has 56 valence electrons. The van der Waals surface area contributed by atoms with Crippen molar-refractivity contribution in [3.05, 3.63) is 12.2 Å². The highest BCUT2D eigenvalue weighted by molar-refractivity contribution is 4.98. The van der Waals surface area contributed by atoms with Gasteiger partial charge >= 0.3 is 0 Å². The average Bonchev–Trinajstić information content (AvgIpc) is 2.05. The molecule has 1 aliphatic heterocycles. The maximum absolute atomic E-state index is 3.57. The van der Waals surface area contributed by atoms with Crippen LogP contribution in [-0.4, -0.2) is 12.6 Å². The predicted octanol–water partition coefficient (Wildman–Crippen LogP) is 1.70. The van der Waals surface area contributed by atoms with Gasteiger partial charge in [-0.05, 0) is 38.1 Å². The number of nitrogens with one attached hydrogen (secondary N) is 1. The number of rotatable bonds is 0. The van der Waals surface area contributed by atoms with E-state index in [1.165, 1.54) is 32.2 Å². The fraction of sp³-hybridized carbons (Fsp3) is 0.778. The van der Waals surface area contributed by atoms with E-state index < -0.39 is 0 Å². The smallest absolute Gasteiger partial charge is 0.0133 e. The summed E-state index contributed by atoms with van der Waals surface area (Å²) in [6.07, 6.45) is 10.1. The highest BCUT2D eigenvalue weighted by Crippen LogP contribution is 2.26. The lowest BCUT2D eigenvalue weighted by Gasteiger charge is -2.33. The van der Waals surface area contributed by atoms with E-state index in [-0.39, 0.29) is 0 Å². The fourth-order valence-corrected chi connectivity index (χ4v) is 2.09. The second-order valence-corrected chi connectivity index (χ2v) is 3.41. The van der Waals surface area contributed by atoms with E-state index in [1.54, 1.807) is 0 Å².